The molecule has 0 saturated heterocycles. The summed E-state index contributed by atoms with van der Waals surface area (Å²) in [6, 6.07) is 6.80. The van der Waals surface area contributed by atoms with Crippen molar-refractivity contribution in [3.8, 4) is 0 Å². The molecule has 1 aliphatic heterocycles. The van der Waals surface area contributed by atoms with Crippen molar-refractivity contribution in [1.82, 2.24) is 5.32 Å². The second kappa shape index (κ2) is 8.36. The van der Waals surface area contributed by atoms with Gasteiger partial charge in [0.2, 0.25) is 0 Å². The highest BCUT2D eigenvalue weighted by Crippen LogP contribution is 2.49. The number of hydrogen-bond donors (Lipinski definition) is 2. The number of nitrogens with one attached hydrogen (secondary N) is 1. The van der Waals surface area contributed by atoms with Gasteiger partial charge in [-0.05, 0) is 30.3 Å². The van der Waals surface area contributed by atoms with Gasteiger partial charge in [0.1, 0.15) is 6.54 Å². The molecule has 1 unspecified atom stereocenters. The molecule has 0 saturated carbocycles. The molecule has 0 radical (unpaired) electrons. The number of anilines is 1. The Morgan fingerprint density at radius 2 is 1.72 bits per heavy atom. The zero-order valence-electron chi connectivity index (χ0n) is 15.7. The van der Waals surface area contributed by atoms with E-state index in [2.05, 4.69) is 5.16 Å². The third-order valence-electron chi connectivity index (χ3n) is 4.59. The molecule has 0 bridgehead atoms. The van der Waals surface area contributed by atoms with Crippen LogP contribution in [-0.2, 0) is 10.4 Å². The molecule has 0 fully saturated rings. The Morgan fingerprint density at radius 3 is 2.25 bits per heavy atom. The zero-order valence-corrected chi connectivity index (χ0v) is 17.3. The highest BCUT2D eigenvalue weighted by Gasteiger charge is 2.62. The maximum absolute atomic E-state index is 14.0. The number of hydrogen-bond acceptors (Lipinski definition) is 4. The molecule has 1 heterocycles. The van der Waals surface area contributed by atoms with Gasteiger partial charge < -0.3 is 15.9 Å². The fourth-order valence-electron chi connectivity index (χ4n) is 3.07. The summed E-state index contributed by atoms with van der Waals surface area (Å²) < 4.78 is 78.9. The Bertz CT molecular complexity index is 1070. The van der Waals surface area contributed by atoms with Crippen LogP contribution in [0.25, 0.3) is 0 Å². The molecule has 1 amide bonds. The number of nitrogens with two attached hydrogens (primary N) is 1. The normalized spacial score (nSPS) is 18.8. The summed E-state index contributed by atoms with van der Waals surface area (Å²) in [5.41, 5.74) is 1.93. The molecule has 3 N–H and O–H groups in total. The van der Waals surface area contributed by atoms with E-state index in [4.69, 9.17) is 33.8 Å². The number of halogens is 8. The number of nitrogens with zero attached hydrogens (tertiary/aromatic N) is 1. The van der Waals surface area contributed by atoms with Crippen molar-refractivity contribution >= 4 is 40.5 Å². The SMILES string of the molecule is Nc1cc(C2=NOC(c3cc(Cl)cc(Cl)c3)(C(F)(F)F)C2)ccc1C(=O)NCC(F)(F)F. The van der Waals surface area contributed by atoms with Gasteiger partial charge in [0, 0.05) is 33.3 Å². The van der Waals surface area contributed by atoms with Gasteiger partial charge in [0.05, 0.1) is 11.3 Å². The maximum Gasteiger partial charge on any atom is 0.435 e. The van der Waals surface area contributed by atoms with Crippen molar-refractivity contribution in [2.45, 2.75) is 24.4 Å². The van der Waals surface area contributed by atoms with Crippen LogP contribution in [0.5, 0.6) is 0 Å². The van der Waals surface area contributed by atoms with Crippen LogP contribution in [0, 0.1) is 0 Å². The average Bonchev–Trinajstić information content (AvgIpc) is 3.11. The summed E-state index contributed by atoms with van der Waals surface area (Å²) in [6.07, 6.45) is -10.3. The lowest BCUT2D eigenvalue weighted by Gasteiger charge is -2.29. The lowest BCUT2D eigenvalue weighted by molar-refractivity contribution is -0.275. The Kier molecular flexibility index (Phi) is 6.27. The van der Waals surface area contributed by atoms with Crippen molar-refractivity contribution in [2.24, 2.45) is 5.16 Å². The number of nitrogen functional groups attached to an aromatic ring is 1. The van der Waals surface area contributed by atoms with Crippen LogP contribution in [0.1, 0.15) is 27.9 Å². The Balaban J connectivity index is 1.88. The van der Waals surface area contributed by atoms with Crippen LogP contribution in [0.15, 0.2) is 41.6 Å². The van der Waals surface area contributed by atoms with Crippen LogP contribution >= 0.6 is 23.2 Å². The summed E-state index contributed by atoms with van der Waals surface area (Å²) >= 11 is 11.7. The molecule has 0 aromatic heterocycles. The number of rotatable bonds is 4. The van der Waals surface area contributed by atoms with Gasteiger partial charge in [-0.3, -0.25) is 4.79 Å². The van der Waals surface area contributed by atoms with Crippen molar-refractivity contribution in [1.29, 1.82) is 0 Å². The first-order valence-corrected chi connectivity index (χ1v) is 9.51. The maximum atomic E-state index is 14.0. The molecule has 2 aromatic rings. The van der Waals surface area contributed by atoms with E-state index in [1.165, 1.54) is 12.1 Å². The highest BCUT2D eigenvalue weighted by atomic mass is 35.5. The molecule has 3 rings (SSSR count). The fourth-order valence-corrected chi connectivity index (χ4v) is 3.60. The minimum Gasteiger partial charge on any atom is -0.398 e. The highest BCUT2D eigenvalue weighted by molar-refractivity contribution is 6.34. The van der Waals surface area contributed by atoms with Crippen molar-refractivity contribution in [3.05, 3.63) is 63.1 Å². The summed E-state index contributed by atoms with van der Waals surface area (Å²) in [7, 11) is 0. The summed E-state index contributed by atoms with van der Waals surface area (Å²) in [5.74, 6) is -1.09. The molecule has 0 aliphatic carbocycles. The van der Waals surface area contributed by atoms with Gasteiger partial charge >= 0.3 is 12.4 Å². The van der Waals surface area contributed by atoms with E-state index in [0.717, 1.165) is 24.3 Å². The Hall–Kier alpha value is -2.66. The van der Waals surface area contributed by atoms with Crippen molar-refractivity contribution in [2.75, 3.05) is 12.3 Å². The number of alkyl halides is 6. The number of carbonyl (C=O) groups excluding carboxylic acids is 1. The van der Waals surface area contributed by atoms with E-state index in [1.807, 2.05) is 0 Å². The van der Waals surface area contributed by atoms with Gasteiger partial charge in [-0.2, -0.15) is 26.3 Å². The van der Waals surface area contributed by atoms with Crippen LogP contribution < -0.4 is 11.1 Å². The van der Waals surface area contributed by atoms with Gasteiger partial charge in [0.25, 0.3) is 11.5 Å². The molecule has 2 aromatic carbocycles. The second-order valence-electron chi connectivity index (χ2n) is 6.89. The van der Waals surface area contributed by atoms with Crippen LogP contribution in [0.2, 0.25) is 10.0 Å². The van der Waals surface area contributed by atoms with E-state index in [1.54, 1.807) is 5.32 Å². The first-order chi connectivity index (χ1) is 14.7. The largest absolute Gasteiger partial charge is 0.435 e. The molecule has 13 heteroatoms. The van der Waals surface area contributed by atoms with Gasteiger partial charge in [-0.15, -0.1) is 0 Å². The quantitative estimate of drug-likeness (QED) is 0.433. The monoisotopic (exact) mass is 499 g/mol. The second-order valence-corrected chi connectivity index (χ2v) is 7.76. The number of amides is 1. The van der Waals surface area contributed by atoms with Crippen LogP contribution in [-0.4, -0.2) is 30.5 Å². The van der Waals surface area contributed by atoms with E-state index < -0.39 is 36.8 Å². The summed E-state index contributed by atoms with van der Waals surface area (Å²) in [4.78, 5) is 16.8. The standard InChI is InChI=1S/C19H13Cl2F6N3O2/c20-11-4-10(5-12(21)6-11)17(19(25,26)27)7-15(30-32-17)9-1-2-13(14(28)3-9)16(31)29-8-18(22,23)24/h1-6H,7-8,28H2,(H,29,31). The predicted octanol–water partition coefficient (Wildman–Crippen LogP) is 5.45. The van der Waals surface area contributed by atoms with Gasteiger partial charge in [0.15, 0.2) is 0 Å². The summed E-state index contributed by atoms with van der Waals surface area (Å²) in [6.45, 7) is -1.57. The molecular weight excluding hydrogens is 487 g/mol. The first kappa shape index (κ1) is 24.0. The topological polar surface area (TPSA) is 76.7 Å². The number of carbonyl (C=O) groups is 1. The molecule has 0 spiro atoms. The van der Waals surface area contributed by atoms with E-state index in [0.29, 0.717) is 0 Å². The Labute approximate surface area is 187 Å². The van der Waals surface area contributed by atoms with Crippen LogP contribution in [0.4, 0.5) is 32.0 Å². The zero-order chi connectivity index (χ0) is 23.9. The first-order valence-electron chi connectivity index (χ1n) is 8.75. The molecule has 1 aliphatic rings. The average molecular weight is 500 g/mol. The molecule has 172 valence electrons. The van der Waals surface area contributed by atoms with Crippen molar-refractivity contribution in [3.63, 3.8) is 0 Å². The molecule has 1 atom stereocenters. The summed E-state index contributed by atoms with van der Waals surface area (Å²) in [5, 5.41) is 5.14. The van der Waals surface area contributed by atoms with Crippen LogP contribution in [0.3, 0.4) is 0 Å². The number of oxime groups is 1. The minimum atomic E-state index is -4.91. The van der Waals surface area contributed by atoms with E-state index in [9.17, 15) is 31.1 Å². The molecular formula is C19H13Cl2F6N3O2. The van der Waals surface area contributed by atoms with Gasteiger partial charge in [-0.25, -0.2) is 0 Å². The molecule has 32 heavy (non-hydrogen) atoms. The number of benzene rings is 2. The Morgan fingerprint density at radius 1 is 1.09 bits per heavy atom. The van der Waals surface area contributed by atoms with Crippen molar-refractivity contribution < 1.29 is 36.0 Å². The lowest BCUT2D eigenvalue weighted by atomic mass is 9.86. The minimum absolute atomic E-state index is 0.0355. The molecule has 5 nitrogen and oxygen atoms in total. The third kappa shape index (κ3) is 4.88. The smallest absolute Gasteiger partial charge is 0.398 e. The van der Waals surface area contributed by atoms with E-state index >= 15 is 0 Å². The third-order valence-corrected chi connectivity index (χ3v) is 5.03. The van der Waals surface area contributed by atoms with Gasteiger partial charge in [-0.1, -0.05) is 34.4 Å². The fraction of sp³-hybridized carbons (Fsp3) is 0.263. The van der Waals surface area contributed by atoms with E-state index in [-0.39, 0.29) is 38.1 Å². The lowest BCUT2D eigenvalue weighted by Crippen LogP contribution is -2.42. The predicted molar refractivity (Wildman–Crippen MR) is 106 cm³/mol.